The lowest BCUT2D eigenvalue weighted by molar-refractivity contribution is 0.0973. The molecule has 4 aromatic rings. The average Bonchev–Trinajstić information content (AvgIpc) is 3.15. The Balaban J connectivity index is 0.00000306. The normalized spacial score (nSPS) is 11.5. The summed E-state index contributed by atoms with van der Waals surface area (Å²) in [6, 6.07) is 21.1. The van der Waals surface area contributed by atoms with Gasteiger partial charge >= 0.3 is 0 Å². The van der Waals surface area contributed by atoms with Crippen molar-refractivity contribution in [1.29, 1.82) is 0 Å². The van der Waals surface area contributed by atoms with Gasteiger partial charge in [0.25, 0.3) is 15.9 Å². The molecule has 0 aliphatic heterocycles. The van der Waals surface area contributed by atoms with Crippen LogP contribution < -0.4 is 9.46 Å². The minimum Gasteiger partial charge on any atom is -0.496 e. The Kier molecular flexibility index (Phi) is 5.76. The first-order valence-electron chi connectivity index (χ1n) is 10.2. The smallest absolute Gasteiger partial charge is 0.281 e. The summed E-state index contributed by atoms with van der Waals surface area (Å²) in [6.07, 6.45) is 0. The lowest BCUT2D eigenvalue weighted by Crippen LogP contribution is -2.32. The molecule has 6 nitrogen and oxygen atoms in total. The van der Waals surface area contributed by atoms with E-state index in [1.54, 1.807) is 31.4 Å². The SMILES string of the molecule is COc1cccc2c1cc(C(=O)NS(=O)(=O)c1ccccc1)n2Cc1c(C)cccc1C.[HH]. The summed E-state index contributed by atoms with van der Waals surface area (Å²) < 4.78 is 35.1. The van der Waals surface area contributed by atoms with Gasteiger partial charge in [-0.3, -0.25) is 4.79 Å². The van der Waals surface area contributed by atoms with Crippen LogP contribution in [0.5, 0.6) is 5.75 Å². The largest absolute Gasteiger partial charge is 0.496 e. The summed E-state index contributed by atoms with van der Waals surface area (Å²) in [5, 5.41) is 0.739. The van der Waals surface area contributed by atoms with Crippen LogP contribution in [0, 0.1) is 13.8 Å². The fraction of sp³-hybridized carbons (Fsp3) is 0.160. The summed E-state index contributed by atoms with van der Waals surface area (Å²) in [7, 11) is -2.44. The molecule has 32 heavy (non-hydrogen) atoms. The van der Waals surface area contributed by atoms with E-state index in [9.17, 15) is 13.2 Å². The van der Waals surface area contributed by atoms with E-state index in [0.717, 1.165) is 27.6 Å². The van der Waals surface area contributed by atoms with E-state index in [0.29, 0.717) is 12.3 Å². The van der Waals surface area contributed by atoms with E-state index in [4.69, 9.17) is 4.74 Å². The zero-order valence-electron chi connectivity index (χ0n) is 18.1. The number of amides is 1. The molecule has 4 rings (SSSR count). The number of fused-ring (bicyclic) bond motifs is 1. The average molecular weight is 451 g/mol. The maximum atomic E-state index is 13.2. The molecule has 0 saturated heterocycles. The molecule has 0 spiro atoms. The minimum absolute atomic E-state index is 0. The number of aryl methyl sites for hydroxylation is 2. The predicted molar refractivity (Wildman–Crippen MR) is 127 cm³/mol. The number of carbonyl (C=O) groups excluding carboxylic acids is 1. The fourth-order valence-electron chi connectivity index (χ4n) is 3.88. The van der Waals surface area contributed by atoms with Crippen molar-refractivity contribution in [2.24, 2.45) is 0 Å². The Bertz CT molecular complexity index is 1390. The lowest BCUT2D eigenvalue weighted by atomic mass is 10.0. The van der Waals surface area contributed by atoms with Crippen molar-refractivity contribution in [3.63, 3.8) is 0 Å². The van der Waals surface area contributed by atoms with Crippen LogP contribution >= 0.6 is 0 Å². The van der Waals surface area contributed by atoms with E-state index in [1.165, 1.54) is 12.1 Å². The Morgan fingerprint density at radius 2 is 1.62 bits per heavy atom. The summed E-state index contributed by atoms with van der Waals surface area (Å²) in [6.45, 7) is 4.46. The Morgan fingerprint density at radius 1 is 0.969 bits per heavy atom. The topological polar surface area (TPSA) is 77.4 Å². The van der Waals surface area contributed by atoms with Gasteiger partial charge in [-0.05, 0) is 60.9 Å². The molecule has 0 aliphatic rings. The van der Waals surface area contributed by atoms with Crippen molar-refractivity contribution in [3.05, 3.63) is 95.2 Å². The van der Waals surface area contributed by atoms with Gasteiger partial charge in [0.05, 0.1) is 17.5 Å². The number of carbonyl (C=O) groups is 1. The van der Waals surface area contributed by atoms with Crippen molar-refractivity contribution in [3.8, 4) is 5.75 Å². The number of hydrogen-bond donors (Lipinski definition) is 1. The van der Waals surface area contributed by atoms with Gasteiger partial charge in [-0.15, -0.1) is 0 Å². The number of aromatic nitrogens is 1. The maximum absolute atomic E-state index is 13.2. The van der Waals surface area contributed by atoms with Gasteiger partial charge in [0.2, 0.25) is 0 Å². The monoisotopic (exact) mass is 450 g/mol. The third kappa shape index (κ3) is 3.99. The van der Waals surface area contributed by atoms with Crippen molar-refractivity contribution in [2.45, 2.75) is 25.3 Å². The molecule has 0 atom stereocenters. The molecule has 0 fully saturated rings. The highest BCUT2D eigenvalue weighted by atomic mass is 32.2. The molecule has 166 valence electrons. The van der Waals surface area contributed by atoms with E-state index in [1.807, 2.05) is 54.8 Å². The molecule has 1 amide bonds. The van der Waals surface area contributed by atoms with E-state index in [-0.39, 0.29) is 12.0 Å². The van der Waals surface area contributed by atoms with Crippen LogP contribution in [0.4, 0.5) is 0 Å². The molecule has 1 aromatic heterocycles. The fourth-order valence-corrected chi connectivity index (χ4v) is 4.87. The zero-order valence-corrected chi connectivity index (χ0v) is 18.9. The maximum Gasteiger partial charge on any atom is 0.281 e. The first-order valence-corrected chi connectivity index (χ1v) is 11.6. The van der Waals surface area contributed by atoms with Crippen LogP contribution in [0.2, 0.25) is 0 Å². The van der Waals surface area contributed by atoms with Crippen LogP contribution in [-0.4, -0.2) is 26.0 Å². The van der Waals surface area contributed by atoms with Crippen LogP contribution in [0.3, 0.4) is 0 Å². The molecular weight excluding hydrogens is 424 g/mol. The Labute approximate surface area is 189 Å². The van der Waals surface area contributed by atoms with E-state index >= 15 is 0 Å². The first-order chi connectivity index (χ1) is 15.3. The van der Waals surface area contributed by atoms with Crippen LogP contribution in [-0.2, 0) is 16.6 Å². The number of nitrogens with one attached hydrogen (secondary N) is 1. The number of ether oxygens (including phenoxy) is 1. The lowest BCUT2D eigenvalue weighted by Gasteiger charge is -2.15. The molecular formula is C25H26N2O4S. The van der Waals surface area contributed by atoms with Crippen LogP contribution in [0.25, 0.3) is 10.9 Å². The number of nitrogens with zero attached hydrogens (tertiary/aromatic N) is 1. The zero-order chi connectivity index (χ0) is 22.9. The molecule has 3 aromatic carbocycles. The summed E-state index contributed by atoms with van der Waals surface area (Å²) >= 11 is 0. The van der Waals surface area contributed by atoms with Crippen molar-refractivity contribution in [2.75, 3.05) is 7.11 Å². The standard InChI is InChI=1S/C25H24N2O4S.H2/c1-17-9-7-10-18(2)21(17)16-27-22-13-8-14-24(31-3)20(22)15-23(27)25(28)26-32(29,30)19-11-5-4-6-12-19;/h4-15H,16H2,1-3H3,(H,26,28);1H. The number of methoxy groups -OCH3 is 1. The van der Waals surface area contributed by atoms with Crippen molar-refractivity contribution >= 4 is 26.8 Å². The highest BCUT2D eigenvalue weighted by molar-refractivity contribution is 7.90. The number of sulfonamides is 1. The van der Waals surface area contributed by atoms with Crippen molar-refractivity contribution in [1.82, 2.24) is 9.29 Å². The highest BCUT2D eigenvalue weighted by Crippen LogP contribution is 2.30. The van der Waals surface area contributed by atoms with Gasteiger partial charge in [0, 0.05) is 13.4 Å². The highest BCUT2D eigenvalue weighted by Gasteiger charge is 2.24. The Hall–Kier alpha value is -3.58. The molecule has 0 bridgehead atoms. The second-order valence-electron chi connectivity index (χ2n) is 7.63. The molecule has 0 radical (unpaired) electrons. The number of benzene rings is 3. The molecule has 0 aliphatic carbocycles. The van der Waals surface area contributed by atoms with Crippen LogP contribution in [0.15, 0.2) is 77.7 Å². The van der Waals surface area contributed by atoms with Gasteiger partial charge in [0.15, 0.2) is 0 Å². The summed E-state index contributed by atoms with van der Waals surface area (Å²) in [5.41, 5.74) is 4.30. The molecule has 0 saturated carbocycles. The van der Waals surface area contributed by atoms with Crippen LogP contribution in [0.1, 0.15) is 28.6 Å². The van der Waals surface area contributed by atoms with Gasteiger partial charge < -0.3 is 9.30 Å². The predicted octanol–water partition coefficient (Wildman–Crippen LogP) is 4.68. The van der Waals surface area contributed by atoms with Gasteiger partial charge in [-0.25, -0.2) is 13.1 Å². The quantitative estimate of drug-likeness (QED) is 0.463. The second kappa shape index (κ2) is 8.51. The van der Waals surface area contributed by atoms with E-state index < -0.39 is 15.9 Å². The first kappa shape index (κ1) is 21.6. The van der Waals surface area contributed by atoms with Gasteiger partial charge in [0.1, 0.15) is 11.4 Å². The Morgan fingerprint density at radius 3 is 2.28 bits per heavy atom. The third-order valence-electron chi connectivity index (χ3n) is 5.60. The van der Waals surface area contributed by atoms with Gasteiger partial charge in [-0.1, -0.05) is 42.5 Å². The van der Waals surface area contributed by atoms with Gasteiger partial charge in [-0.2, -0.15) is 0 Å². The van der Waals surface area contributed by atoms with E-state index in [2.05, 4.69) is 4.72 Å². The third-order valence-corrected chi connectivity index (χ3v) is 6.95. The minimum atomic E-state index is -4.01. The number of hydrogen-bond acceptors (Lipinski definition) is 4. The van der Waals surface area contributed by atoms with Crippen molar-refractivity contribution < 1.29 is 19.4 Å². The molecule has 7 heteroatoms. The number of rotatable bonds is 6. The second-order valence-corrected chi connectivity index (χ2v) is 9.31. The molecule has 0 unspecified atom stereocenters. The molecule has 1 N–H and O–H groups in total. The summed E-state index contributed by atoms with van der Waals surface area (Å²) in [4.78, 5) is 13.3. The summed E-state index contributed by atoms with van der Waals surface area (Å²) in [5.74, 6) is -0.0823. The molecule has 1 heterocycles.